The number of aryl methyl sites for hydroxylation is 1. The normalized spacial score (nSPS) is 20.5. The van der Waals surface area contributed by atoms with E-state index in [2.05, 4.69) is 25.7 Å². The van der Waals surface area contributed by atoms with E-state index in [0.717, 1.165) is 52.4 Å². The van der Waals surface area contributed by atoms with Crippen molar-refractivity contribution in [2.24, 2.45) is 0 Å². The molecular weight excluding hydrogens is 416 g/mol. The molecule has 1 aliphatic heterocycles. The molecule has 168 valence electrons. The average molecular weight is 443 g/mol. The molecule has 2 aliphatic rings. The fourth-order valence-corrected chi connectivity index (χ4v) is 4.82. The third-order valence-electron chi connectivity index (χ3n) is 6.80. The van der Waals surface area contributed by atoms with Gasteiger partial charge in [0.25, 0.3) is 5.56 Å². The van der Waals surface area contributed by atoms with Crippen molar-refractivity contribution in [3.8, 4) is 11.3 Å². The minimum Gasteiger partial charge on any atom is -0.375 e. The lowest BCUT2D eigenvalue weighted by Crippen LogP contribution is -2.38. The van der Waals surface area contributed by atoms with Crippen LogP contribution in [0.5, 0.6) is 0 Å². The lowest BCUT2D eigenvalue weighted by atomic mass is 10.0. The summed E-state index contributed by atoms with van der Waals surface area (Å²) in [7, 11) is 0. The predicted molar refractivity (Wildman–Crippen MR) is 128 cm³/mol. The zero-order chi connectivity index (χ0) is 22.5. The Hall–Kier alpha value is -3.65. The molecule has 1 saturated carbocycles. The van der Waals surface area contributed by atoms with Gasteiger partial charge in [-0.2, -0.15) is 10.2 Å². The van der Waals surface area contributed by atoms with Crippen molar-refractivity contribution in [3.05, 3.63) is 70.3 Å². The highest BCUT2D eigenvalue weighted by Gasteiger charge is 2.36. The summed E-state index contributed by atoms with van der Waals surface area (Å²) in [6, 6.07) is 15.4. The van der Waals surface area contributed by atoms with Gasteiger partial charge in [0.15, 0.2) is 0 Å². The van der Waals surface area contributed by atoms with Crippen LogP contribution in [-0.4, -0.2) is 44.3 Å². The Kier molecular flexibility index (Phi) is 4.69. The van der Waals surface area contributed by atoms with E-state index in [1.165, 1.54) is 12.8 Å². The van der Waals surface area contributed by atoms with E-state index >= 15 is 0 Å². The molecule has 0 bridgehead atoms. The van der Waals surface area contributed by atoms with E-state index < -0.39 is 6.23 Å². The highest BCUT2D eigenvalue weighted by molar-refractivity contribution is 5.93. The number of nitrogens with one attached hydrogen (secondary N) is 3. The van der Waals surface area contributed by atoms with Gasteiger partial charge in [-0.25, -0.2) is 5.10 Å². The van der Waals surface area contributed by atoms with Crippen LogP contribution in [0.1, 0.15) is 36.6 Å². The standard InChI is InChI=1S/C25H26N6O2/c1-14-21(23(29-27-14)16-6-7-16)26-20-12-13-31(25(20)33)17-10-8-15(9-11-17)22-18-4-2-3-5-19(18)24(32)30-28-22/h2-5,8-11,16,20,25-26,33H,6-7,12-13H2,1H3,(H,27,29)(H,30,32). The number of benzene rings is 2. The van der Waals surface area contributed by atoms with Crippen molar-refractivity contribution >= 4 is 22.1 Å². The van der Waals surface area contributed by atoms with Crippen molar-refractivity contribution in [1.82, 2.24) is 20.4 Å². The molecule has 2 aromatic heterocycles. The zero-order valence-electron chi connectivity index (χ0n) is 18.4. The Balaban J connectivity index is 1.23. The average Bonchev–Trinajstić information content (AvgIpc) is 3.53. The summed E-state index contributed by atoms with van der Waals surface area (Å²) in [5, 5.41) is 30.5. The fraction of sp³-hybridized carbons (Fsp3) is 0.320. The minimum absolute atomic E-state index is 0.0664. The van der Waals surface area contributed by atoms with E-state index in [-0.39, 0.29) is 11.6 Å². The van der Waals surface area contributed by atoms with Crippen LogP contribution in [-0.2, 0) is 0 Å². The summed E-state index contributed by atoms with van der Waals surface area (Å²) < 4.78 is 0. The summed E-state index contributed by atoms with van der Waals surface area (Å²) in [5.74, 6) is 0.539. The Morgan fingerprint density at radius 1 is 1.00 bits per heavy atom. The third-order valence-corrected chi connectivity index (χ3v) is 6.80. The molecule has 4 N–H and O–H groups in total. The molecule has 4 aromatic rings. The first-order valence-corrected chi connectivity index (χ1v) is 11.4. The number of anilines is 2. The zero-order valence-corrected chi connectivity index (χ0v) is 18.4. The maximum atomic E-state index is 12.1. The summed E-state index contributed by atoms with van der Waals surface area (Å²) in [4.78, 5) is 14.1. The second-order valence-electron chi connectivity index (χ2n) is 9.02. The molecule has 8 nitrogen and oxygen atoms in total. The van der Waals surface area contributed by atoms with Gasteiger partial charge in [-0.05, 0) is 44.4 Å². The number of hydrogen-bond acceptors (Lipinski definition) is 6. The van der Waals surface area contributed by atoms with Crippen LogP contribution < -0.4 is 15.8 Å². The number of hydrogen-bond donors (Lipinski definition) is 4. The highest BCUT2D eigenvalue weighted by atomic mass is 16.3. The van der Waals surface area contributed by atoms with Crippen LogP contribution in [0.25, 0.3) is 22.0 Å². The molecule has 8 heteroatoms. The number of aromatic nitrogens is 4. The predicted octanol–water partition coefficient (Wildman–Crippen LogP) is 3.51. The van der Waals surface area contributed by atoms with Crippen LogP contribution in [0.3, 0.4) is 0 Å². The summed E-state index contributed by atoms with van der Waals surface area (Å²) in [6.45, 7) is 2.78. The second-order valence-corrected chi connectivity index (χ2v) is 9.02. The Labute approximate surface area is 190 Å². The van der Waals surface area contributed by atoms with E-state index in [9.17, 15) is 9.90 Å². The maximum absolute atomic E-state index is 12.1. The number of rotatable bonds is 5. The number of aliphatic hydroxyl groups excluding tert-OH is 1. The van der Waals surface area contributed by atoms with Crippen LogP contribution in [0.15, 0.2) is 53.3 Å². The fourth-order valence-electron chi connectivity index (χ4n) is 4.82. The van der Waals surface area contributed by atoms with Crippen molar-refractivity contribution < 1.29 is 5.11 Å². The van der Waals surface area contributed by atoms with Crippen molar-refractivity contribution in [3.63, 3.8) is 0 Å². The second kappa shape index (κ2) is 7.74. The van der Waals surface area contributed by atoms with Gasteiger partial charge in [-0.3, -0.25) is 9.89 Å². The highest BCUT2D eigenvalue weighted by Crippen LogP contribution is 2.43. The SMILES string of the molecule is Cc1[nH]nc(C2CC2)c1NC1CCN(c2ccc(-c3n[nH]c(=O)c4ccccc34)cc2)C1O. The van der Waals surface area contributed by atoms with E-state index in [1.54, 1.807) is 6.07 Å². The van der Waals surface area contributed by atoms with Crippen molar-refractivity contribution in [1.29, 1.82) is 0 Å². The van der Waals surface area contributed by atoms with Gasteiger partial charge in [-0.1, -0.05) is 30.3 Å². The quantitative estimate of drug-likeness (QED) is 0.377. The summed E-state index contributed by atoms with van der Waals surface area (Å²) >= 11 is 0. The molecular formula is C25H26N6O2. The number of H-pyrrole nitrogens is 2. The van der Waals surface area contributed by atoms with Gasteiger partial charge < -0.3 is 15.3 Å². The lowest BCUT2D eigenvalue weighted by molar-refractivity contribution is 0.174. The van der Waals surface area contributed by atoms with Gasteiger partial charge in [0, 0.05) is 29.1 Å². The van der Waals surface area contributed by atoms with E-state index in [1.807, 2.05) is 54.3 Å². The maximum Gasteiger partial charge on any atom is 0.272 e. The van der Waals surface area contributed by atoms with Crippen LogP contribution >= 0.6 is 0 Å². The van der Waals surface area contributed by atoms with Gasteiger partial charge in [-0.15, -0.1) is 0 Å². The van der Waals surface area contributed by atoms with Gasteiger partial charge in [0.2, 0.25) is 0 Å². The minimum atomic E-state index is -0.635. The monoisotopic (exact) mass is 442 g/mol. The van der Waals surface area contributed by atoms with Crippen LogP contribution in [0, 0.1) is 6.92 Å². The molecule has 1 aliphatic carbocycles. The molecule has 3 heterocycles. The molecule has 0 amide bonds. The molecule has 33 heavy (non-hydrogen) atoms. The molecule has 1 saturated heterocycles. The van der Waals surface area contributed by atoms with E-state index in [4.69, 9.17) is 0 Å². The molecule has 0 radical (unpaired) electrons. The van der Waals surface area contributed by atoms with E-state index in [0.29, 0.717) is 11.3 Å². The molecule has 2 atom stereocenters. The Morgan fingerprint density at radius 2 is 1.76 bits per heavy atom. The number of aliphatic hydroxyl groups is 1. The van der Waals surface area contributed by atoms with Crippen molar-refractivity contribution in [2.45, 2.75) is 44.4 Å². The third kappa shape index (κ3) is 3.47. The molecule has 6 rings (SSSR count). The number of nitrogens with zero attached hydrogens (tertiary/aromatic N) is 3. The topological polar surface area (TPSA) is 110 Å². The van der Waals surface area contributed by atoms with Crippen LogP contribution in [0.2, 0.25) is 0 Å². The lowest BCUT2D eigenvalue weighted by Gasteiger charge is -2.26. The number of aromatic amines is 2. The Bertz CT molecular complexity index is 1370. The van der Waals surface area contributed by atoms with Gasteiger partial charge in [0.05, 0.1) is 34.2 Å². The smallest absolute Gasteiger partial charge is 0.272 e. The van der Waals surface area contributed by atoms with Gasteiger partial charge in [0.1, 0.15) is 6.23 Å². The molecule has 2 unspecified atom stereocenters. The summed E-state index contributed by atoms with van der Waals surface area (Å²) in [5.41, 5.74) is 5.59. The molecule has 2 aromatic carbocycles. The van der Waals surface area contributed by atoms with Crippen LogP contribution in [0.4, 0.5) is 11.4 Å². The first-order valence-electron chi connectivity index (χ1n) is 11.4. The molecule has 0 spiro atoms. The van der Waals surface area contributed by atoms with Gasteiger partial charge >= 0.3 is 0 Å². The number of fused-ring (bicyclic) bond motifs is 1. The Morgan fingerprint density at radius 3 is 2.52 bits per heavy atom. The van der Waals surface area contributed by atoms with Crippen molar-refractivity contribution in [2.75, 3.05) is 16.8 Å². The first-order chi connectivity index (χ1) is 16.1. The largest absolute Gasteiger partial charge is 0.375 e. The first kappa shape index (κ1) is 20.0. The molecule has 2 fully saturated rings. The summed E-state index contributed by atoms with van der Waals surface area (Å²) in [6.07, 6.45) is 2.57.